The first kappa shape index (κ1) is 7.00. The lowest BCUT2D eigenvalue weighted by molar-refractivity contribution is 0.765. The minimum absolute atomic E-state index is 0.380. The van der Waals surface area contributed by atoms with Gasteiger partial charge < -0.3 is 5.32 Å². The number of nitrogens with one attached hydrogen (secondary N) is 1. The van der Waals surface area contributed by atoms with Crippen molar-refractivity contribution in [1.29, 1.82) is 0 Å². The van der Waals surface area contributed by atoms with Crippen LogP contribution in [0.25, 0.3) is 0 Å². The van der Waals surface area contributed by atoms with E-state index in [4.69, 9.17) is 12.2 Å². The smallest absolute Gasteiger partial charge is 0.0813 e. The summed E-state index contributed by atoms with van der Waals surface area (Å²) in [4.78, 5) is 1.06. The van der Waals surface area contributed by atoms with Gasteiger partial charge in [-0.3, -0.25) is 0 Å². The van der Waals surface area contributed by atoms with Crippen LogP contribution in [0.1, 0.15) is 26.7 Å². The first-order valence-corrected chi connectivity index (χ1v) is 3.88. The lowest BCUT2D eigenvalue weighted by Crippen LogP contribution is -2.27. The van der Waals surface area contributed by atoms with Gasteiger partial charge in [0.05, 0.1) is 4.99 Å². The summed E-state index contributed by atoms with van der Waals surface area (Å²) in [5, 5.41) is 3.18. The molecule has 0 heterocycles. The molecule has 0 aromatic carbocycles. The van der Waals surface area contributed by atoms with E-state index in [0.29, 0.717) is 5.41 Å². The molecule has 1 aliphatic carbocycles. The summed E-state index contributed by atoms with van der Waals surface area (Å²) >= 11 is 5.14. The lowest BCUT2D eigenvalue weighted by atomic mass is 10.1. The van der Waals surface area contributed by atoms with Crippen LogP contribution in [0.4, 0.5) is 0 Å². The first-order valence-electron chi connectivity index (χ1n) is 3.47. The monoisotopic (exact) mass is 143 g/mol. The van der Waals surface area contributed by atoms with Crippen LogP contribution in [0.15, 0.2) is 0 Å². The van der Waals surface area contributed by atoms with Gasteiger partial charge in [-0.1, -0.05) is 19.1 Å². The van der Waals surface area contributed by atoms with Crippen molar-refractivity contribution in [3.63, 3.8) is 0 Å². The highest BCUT2D eigenvalue weighted by molar-refractivity contribution is 7.80. The molecule has 1 fully saturated rings. The zero-order valence-electron chi connectivity index (χ0n) is 6.03. The number of rotatable bonds is 2. The summed E-state index contributed by atoms with van der Waals surface area (Å²) in [6.45, 7) is 5.27. The average Bonchev–Trinajstić information content (AvgIpc) is 2.50. The predicted octanol–water partition coefficient (Wildman–Crippen LogP) is 1.72. The molecule has 1 aliphatic rings. The Morgan fingerprint density at radius 2 is 2.22 bits per heavy atom. The summed E-state index contributed by atoms with van der Waals surface area (Å²) in [6, 6.07) is 0. The molecule has 1 N–H and O–H groups in total. The maximum Gasteiger partial charge on any atom is 0.0813 e. The maximum atomic E-state index is 5.14. The van der Waals surface area contributed by atoms with Crippen LogP contribution in [-0.2, 0) is 0 Å². The van der Waals surface area contributed by atoms with Crippen molar-refractivity contribution in [3.8, 4) is 0 Å². The first-order chi connectivity index (χ1) is 4.19. The van der Waals surface area contributed by atoms with Crippen molar-refractivity contribution in [2.75, 3.05) is 6.54 Å². The van der Waals surface area contributed by atoms with Gasteiger partial charge in [-0.15, -0.1) is 0 Å². The summed E-state index contributed by atoms with van der Waals surface area (Å²) in [6.07, 6.45) is 2.55. The van der Waals surface area contributed by atoms with Gasteiger partial charge in [0.2, 0.25) is 0 Å². The normalized spacial score (nSPS) is 21.1. The van der Waals surface area contributed by atoms with Gasteiger partial charge in [0, 0.05) is 12.0 Å². The Hall–Kier alpha value is -0.110. The van der Waals surface area contributed by atoms with Gasteiger partial charge in [-0.25, -0.2) is 0 Å². The number of thiocarbonyl (C=S) groups is 1. The Balaban J connectivity index is 2.34. The van der Waals surface area contributed by atoms with E-state index in [2.05, 4.69) is 19.2 Å². The van der Waals surface area contributed by atoms with Crippen LogP contribution < -0.4 is 5.32 Å². The molecule has 2 heteroatoms. The Morgan fingerprint density at radius 3 is 2.56 bits per heavy atom. The van der Waals surface area contributed by atoms with Gasteiger partial charge in [0.25, 0.3) is 0 Å². The van der Waals surface area contributed by atoms with Gasteiger partial charge in [0.15, 0.2) is 0 Å². The SMILES string of the molecule is CCNC(=S)C1(C)CC1. The summed E-state index contributed by atoms with van der Waals surface area (Å²) < 4.78 is 0. The van der Waals surface area contributed by atoms with E-state index in [9.17, 15) is 0 Å². The van der Waals surface area contributed by atoms with Crippen molar-refractivity contribution in [3.05, 3.63) is 0 Å². The fourth-order valence-corrected chi connectivity index (χ4v) is 1.14. The molecule has 0 aliphatic heterocycles. The zero-order valence-corrected chi connectivity index (χ0v) is 6.85. The lowest BCUT2D eigenvalue weighted by Gasteiger charge is -2.10. The van der Waals surface area contributed by atoms with Crippen LogP contribution in [0.5, 0.6) is 0 Å². The van der Waals surface area contributed by atoms with Gasteiger partial charge >= 0.3 is 0 Å². The molecule has 9 heavy (non-hydrogen) atoms. The summed E-state index contributed by atoms with van der Waals surface area (Å²) in [5.41, 5.74) is 0.380. The van der Waals surface area contributed by atoms with E-state index < -0.39 is 0 Å². The fraction of sp³-hybridized carbons (Fsp3) is 0.857. The topological polar surface area (TPSA) is 12.0 Å². The molecular formula is C7H13NS. The van der Waals surface area contributed by atoms with E-state index in [1.165, 1.54) is 12.8 Å². The largest absolute Gasteiger partial charge is 0.379 e. The molecule has 0 aromatic heterocycles. The summed E-state index contributed by atoms with van der Waals surface area (Å²) in [7, 11) is 0. The van der Waals surface area contributed by atoms with Crippen molar-refractivity contribution in [1.82, 2.24) is 5.32 Å². The van der Waals surface area contributed by atoms with E-state index in [0.717, 1.165) is 11.5 Å². The van der Waals surface area contributed by atoms with E-state index in [1.54, 1.807) is 0 Å². The number of hydrogen-bond donors (Lipinski definition) is 1. The molecule has 1 nitrogen and oxygen atoms in total. The van der Waals surface area contributed by atoms with Crippen molar-refractivity contribution < 1.29 is 0 Å². The Labute approximate surface area is 61.8 Å². The molecule has 0 bridgehead atoms. The van der Waals surface area contributed by atoms with Crippen LogP contribution in [0.3, 0.4) is 0 Å². The molecule has 1 rings (SSSR count). The van der Waals surface area contributed by atoms with Gasteiger partial charge in [-0.2, -0.15) is 0 Å². The molecule has 0 amide bonds. The highest BCUT2D eigenvalue weighted by atomic mass is 32.1. The van der Waals surface area contributed by atoms with E-state index in [1.807, 2.05) is 0 Å². The average molecular weight is 143 g/mol. The molecule has 0 aromatic rings. The van der Waals surface area contributed by atoms with Crippen molar-refractivity contribution >= 4 is 17.2 Å². The van der Waals surface area contributed by atoms with E-state index in [-0.39, 0.29) is 0 Å². The number of hydrogen-bond acceptors (Lipinski definition) is 1. The molecule has 0 saturated heterocycles. The van der Waals surface area contributed by atoms with Crippen molar-refractivity contribution in [2.24, 2.45) is 5.41 Å². The summed E-state index contributed by atoms with van der Waals surface area (Å²) in [5.74, 6) is 0. The highest BCUT2D eigenvalue weighted by Gasteiger charge is 2.41. The van der Waals surface area contributed by atoms with Crippen molar-refractivity contribution in [2.45, 2.75) is 26.7 Å². The Kier molecular flexibility index (Phi) is 1.75. The highest BCUT2D eigenvalue weighted by Crippen LogP contribution is 2.45. The molecule has 52 valence electrons. The third kappa shape index (κ3) is 1.42. The zero-order chi connectivity index (χ0) is 6.91. The standard InChI is InChI=1S/C7H13NS/c1-3-8-6(9)7(2)4-5-7/h3-5H2,1-2H3,(H,8,9). The van der Waals surface area contributed by atoms with Crippen LogP contribution in [-0.4, -0.2) is 11.5 Å². The molecule has 0 radical (unpaired) electrons. The Bertz CT molecular complexity index is 127. The maximum absolute atomic E-state index is 5.14. The van der Waals surface area contributed by atoms with Gasteiger partial charge in [0.1, 0.15) is 0 Å². The molecular weight excluding hydrogens is 130 g/mol. The predicted molar refractivity (Wildman–Crippen MR) is 43.6 cm³/mol. The fourth-order valence-electron chi connectivity index (χ4n) is 0.789. The second-order valence-corrected chi connectivity index (χ2v) is 3.33. The van der Waals surface area contributed by atoms with Gasteiger partial charge in [-0.05, 0) is 19.8 Å². The molecule has 0 unspecified atom stereocenters. The third-order valence-corrected chi connectivity index (χ3v) is 2.52. The molecule has 0 spiro atoms. The van der Waals surface area contributed by atoms with Crippen LogP contribution >= 0.6 is 12.2 Å². The minimum atomic E-state index is 0.380. The Morgan fingerprint density at radius 1 is 1.67 bits per heavy atom. The quantitative estimate of drug-likeness (QED) is 0.591. The second-order valence-electron chi connectivity index (χ2n) is 2.92. The minimum Gasteiger partial charge on any atom is -0.379 e. The molecule has 1 saturated carbocycles. The molecule has 0 atom stereocenters. The third-order valence-electron chi connectivity index (χ3n) is 1.89. The van der Waals surface area contributed by atoms with E-state index >= 15 is 0 Å². The second kappa shape index (κ2) is 2.25. The van der Waals surface area contributed by atoms with Crippen LogP contribution in [0.2, 0.25) is 0 Å². The van der Waals surface area contributed by atoms with Crippen LogP contribution in [0, 0.1) is 5.41 Å².